The van der Waals surface area contributed by atoms with Crippen molar-refractivity contribution in [3.63, 3.8) is 0 Å². The standard InChI is InChI=1S/C11H16N6/c1-3-7(2)17-11(14-15-16-17)8-4-9(12)6-10(13)5-8/h4-7H,3,12-13H2,1-2H3. The topological polar surface area (TPSA) is 95.6 Å². The van der Waals surface area contributed by atoms with E-state index in [1.54, 1.807) is 10.7 Å². The predicted molar refractivity (Wildman–Crippen MR) is 67.1 cm³/mol. The van der Waals surface area contributed by atoms with Crippen molar-refractivity contribution >= 4 is 11.4 Å². The number of nitrogens with two attached hydrogens (primary N) is 2. The molecule has 0 radical (unpaired) electrons. The Hall–Kier alpha value is -2.11. The smallest absolute Gasteiger partial charge is 0.182 e. The zero-order valence-electron chi connectivity index (χ0n) is 9.96. The molecule has 0 aliphatic heterocycles. The highest BCUT2D eigenvalue weighted by Crippen LogP contribution is 2.24. The number of anilines is 2. The quantitative estimate of drug-likeness (QED) is 0.781. The third kappa shape index (κ3) is 2.20. The van der Waals surface area contributed by atoms with Crippen LogP contribution in [0.5, 0.6) is 0 Å². The van der Waals surface area contributed by atoms with E-state index in [0.717, 1.165) is 12.0 Å². The van der Waals surface area contributed by atoms with Crippen LogP contribution in [0.25, 0.3) is 11.4 Å². The van der Waals surface area contributed by atoms with Crippen LogP contribution in [-0.4, -0.2) is 20.2 Å². The minimum absolute atomic E-state index is 0.239. The highest BCUT2D eigenvalue weighted by Gasteiger charge is 2.13. The van der Waals surface area contributed by atoms with Gasteiger partial charge in [-0.15, -0.1) is 5.10 Å². The molecule has 0 spiro atoms. The second-order valence-electron chi connectivity index (χ2n) is 4.09. The average Bonchev–Trinajstić information content (AvgIpc) is 2.75. The first kappa shape index (κ1) is 11.4. The predicted octanol–water partition coefficient (Wildman–Crippen LogP) is 1.48. The molecule has 0 bridgehead atoms. The van der Waals surface area contributed by atoms with Gasteiger partial charge in [0.05, 0.1) is 6.04 Å². The van der Waals surface area contributed by atoms with Gasteiger partial charge in [-0.25, -0.2) is 4.68 Å². The first-order chi connectivity index (χ1) is 8.11. The lowest BCUT2D eigenvalue weighted by molar-refractivity contribution is 0.469. The van der Waals surface area contributed by atoms with E-state index in [4.69, 9.17) is 11.5 Å². The molecule has 6 nitrogen and oxygen atoms in total. The van der Waals surface area contributed by atoms with E-state index in [1.165, 1.54) is 0 Å². The fourth-order valence-corrected chi connectivity index (χ4v) is 1.66. The van der Waals surface area contributed by atoms with Crippen LogP contribution in [0.2, 0.25) is 0 Å². The van der Waals surface area contributed by atoms with E-state index in [-0.39, 0.29) is 6.04 Å². The van der Waals surface area contributed by atoms with E-state index in [1.807, 2.05) is 12.1 Å². The molecule has 2 aromatic rings. The summed E-state index contributed by atoms with van der Waals surface area (Å²) in [6.07, 6.45) is 0.954. The molecule has 17 heavy (non-hydrogen) atoms. The van der Waals surface area contributed by atoms with Crippen molar-refractivity contribution in [2.24, 2.45) is 0 Å². The summed E-state index contributed by atoms with van der Waals surface area (Å²) in [6.45, 7) is 4.15. The third-order valence-electron chi connectivity index (χ3n) is 2.74. The van der Waals surface area contributed by atoms with E-state index < -0.39 is 0 Å². The van der Waals surface area contributed by atoms with Crippen LogP contribution in [0.1, 0.15) is 26.3 Å². The summed E-state index contributed by atoms with van der Waals surface area (Å²) in [4.78, 5) is 0. The van der Waals surface area contributed by atoms with E-state index in [2.05, 4.69) is 29.4 Å². The number of benzene rings is 1. The van der Waals surface area contributed by atoms with Crippen LogP contribution in [0.15, 0.2) is 18.2 Å². The lowest BCUT2D eigenvalue weighted by Gasteiger charge is -2.11. The molecular weight excluding hydrogens is 216 g/mol. The molecule has 90 valence electrons. The number of rotatable bonds is 3. The molecule has 1 atom stereocenters. The summed E-state index contributed by atoms with van der Waals surface area (Å²) in [6, 6.07) is 5.59. The van der Waals surface area contributed by atoms with Crippen LogP contribution < -0.4 is 11.5 Å². The molecule has 0 aliphatic rings. The molecule has 1 heterocycles. The Morgan fingerprint density at radius 3 is 2.47 bits per heavy atom. The summed E-state index contributed by atoms with van der Waals surface area (Å²) in [5.74, 6) is 0.693. The maximum absolute atomic E-state index is 5.77. The Morgan fingerprint density at radius 1 is 1.24 bits per heavy atom. The summed E-state index contributed by atoms with van der Waals surface area (Å²) >= 11 is 0. The lowest BCUT2D eigenvalue weighted by atomic mass is 10.1. The molecule has 1 unspecified atom stereocenters. The van der Waals surface area contributed by atoms with Crippen molar-refractivity contribution in [1.82, 2.24) is 20.2 Å². The lowest BCUT2D eigenvalue weighted by Crippen LogP contribution is -2.08. The minimum atomic E-state index is 0.239. The molecule has 1 aromatic carbocycles. The van der Waals surface area contributed by atoms with E-state index in [0.29, 0.717) is 17.2 Å². The number of nitrogen functional groups attached to an aromatic ring is 2. The van der Waals surface area contributed by atoms with Crippen LogP contribution in [0.4, 0.5) is 11.4 Å². The molecule has 0 saturated heterocycles. The van der Waals surface area contributed by atoms with Crippen molar-refractivity contribution < 1.29 is 0 Å². The Labute approximate surface area is 99.6 Å². The zero-order chi connectivity index (χ0) is 12.4. The largest absolute Gasteiger partial charge is 0.399 e. The van der Waals surface area contributed by atoms with Gasteiger partial charge < -0.3 is 11.5 Å². The normalized spacial score (nSPS) is 12.6. The molecule has 0 fully saturated rings. The number of tetrazole rings is 1. The number of aromatic nitrogens is 4. The summed E-state index contributed by atoms with van der Waals surface area (Å²) in [5.41, 5.74) is 13.6. The van der Waals surface area contributed by atoms with Crippen molar-refractivity contribution in [3.05, 3.63) is 18.2 Å². The van der Waals surface area contributed by atoms with Crippen LogP contribution in [0, 0.1) is 0 Å². The second-order valence-corrected chi connectivity index (χ2v) is 4.09. The first-order valence-corrected chi connectivity index (χ1v) is 5.56. The summed E-state index contributed by atoms with van der Waals surface area (Å²) in [7, 11) is 0. The Balaban J connectivity index is 2.49. The molecule has 6 heteroatoms. The Kier molecular flexibility index (Phi) is 2.95. The van der Waals surface area contributed by atoms with Crippen LogP contribution in [0.3, 0.4) is 0 Å². The molecule has 2 rings (SSSR count). The van der Waals surface area contributed by atoms with Crippen molar-refractivity contribution in [2.75, 3.05) is 11.5 Å². The van der Waals surface area contributed by atoms with Crippen LogP contribution in [-0.2, 0) is 0 Å². The van der Waals surface area contributed by atoms with E-state index >= 15 is 0 Å². The van der Waals surface area contributed by atoms with Gasteiger partial charge in [-0.05, 0) is 42.0 Å². The number of nitrogens with zero attached hydrogens (tertiary/aromatic N) is 4. The minimum Gasteiger partial charge on any atom is -0.399 e. The zero-order valence-corrected chi connectivity index (χ0v) is 9.96. The molecule has 1 aromatic heterocycles. The SMILES string of the molecule is CCC(C)n1nnnc1-c1cc(N)cc(N)c1. The second kappa shape index (κ2) is 4.40. The fraction of sp³-hybridized carbons (Fsp3) is 0.364. The monoisotopic (exact) mass is 232 g/mol. The highest BCUT2D eigenvalue weighted by molar-refractivity contribution is 5.67. The maximum Gasteiger partial charge on any atom is 0.182 e. The Morgan fingerprint density at radius 2 is 1.88 bits per heavy atom. The molecule has 0 aliphatic carbocycles. The number of hydrogen-bond donors (Lipinski definition) is 2. The Bertz CT molecular complexity index is 498. The van der Waals surface area contributed by atoms with Gasteiger partial charge in [0.15, 0.2) is 5.82 Å². The van der Waals surface area contributed by atoms with Gasteiger partial charge in [-0.2, -0.15) is 0 Å². The maximum atomic E-state index is 5.77. The van der Waals surface area contributed by atoms with Crippen molar-refractivity contribution in [3.8, 4) is 11.4 Å². The van der Waals surface area contributed by atoms with Gasteiger partial charge in [0.25, 0.3) is 0 Å². The molecule has 0 amide bonds. The van der Waals surface area contributed by atoms with Gasteiger partial charge in [-0.3, -0.25) is 0 Å². The molecule has 4 N–H and O–H groups in total. The summed E-state index contributed by atoms with van der Waals surface area (Å²) < 4.78 is 1.79. The number of hydrogen-bond acceptors (Lipinski definition) is 5. The van der Waals surface area contributed by atoms with E-state index in [9.17, 15) is 0 Å². The van der Waals surface area contributed by atoms with Crippen molar-refractivity contribution in [1.29, 1.82) is 0 Å². The van der Waals surface area contributed by atoms with Gasteiger partial charge in [0.2, 0.25) is 0 Å². The van der Waals surface area contributed by atoms with Gasteiger partial charge in [0, 0.05) is 16.9 Å². The van der Waals surface area contributed by atoms with Gasteiger partial charge in [-0.1, -0.05) is 6.92 Å². The third-order valence-corrected chi connectivity index (χ3v) is 2.74. The average molecular weight is 232 g/mol. The fourth-order valence-electron chi connectivity index (χ4n) is 1.66. The van der Waals surface area contributed by atoms with Gasteiger partial charge in [0.1, 0.15) is 0 Å². The molecule has 0 saturated carbocycles. The highest BCUT2D eigenvalue weighted by atomic mass is 15.5. The summed E-state index contributed by atoms with van der Waals surface area (Å²) in [5, 5.41) is 11.7. The molecular formula is C11H16N6. The van der Waals surface area contributed by atoms with Crippen molar-refractivity contribution in [2.45, 2.75) is 26.3 Å². The van der Waals surface area contributed by atoms with Gasteiger partial charge >= 0.3 is 0 Å². The van der Waals surface area contributed by atoms with Crippen LogP contribution >= 0.6 is 0 Å². The first-order valence-electron chi connectivity index (χ1n) is 5.56.